The van der Waals surface area contributed by atoms with Crippen molar-refractivity contribution in [2.24, 2.45) is 5.92 Å². The van der Waals surface area contributed by atoms with Crippen LogP contribution in [0.4, 0.5) is 14.5 Å². The van der Waals surface area contributed by atoms with Crippen LogP contribution in [0.2, 0.25) is 0 Å². The lowest BCUT2D eigenvalue weighted by atomic mass is 9.99. The van der Waals surface area contributed by atoms with Gasteiger partial charge in [-0.3, -0.25) is 4.79 Å². The van der Waals surface area contributed by atoms with Crippen molar-refractivity contribution in [3.8, 4) is 0 Å². The second kappa shape index (κ2) is 7.35. The zero-order valence-corrected chi connectivity index (χ0v) is 13.0. The molecule has 0 saturated carbocycles. The summed E-state index contributed by atoms with van der Waals surface area (Å²) >= 11 is 1.59. The average molecular weight is 403 g/mol. The SMILES string of the molecule is Cl.O=C(Nc1cc(F)c(I)c(F)c1)C1CCCNC1. The molecule has 3 nitrogen and oxygen atoms in total. The molecule has 1 fully saturated rings. The summed E-state index contributed by atoms with van der Waals surface area (Å²) in [5.74, 6) is -1.65. The van der Waals surface area contributed by atoms with Crippen molar-refractivity contribution >= 4 is 46.6 Å². The van der Waals surface area contributed by atoms with E-state index >= 15 is 0 Å². The third-order valence-corrected chi connectivity index (χ3v) is 3.95. The van der Waals surface area contributed by atoms with Gasteiger partial charge in [0.15, 0.2) is 0 Å². The first-order chi connectivity index (χ1) is 8.58. The molecular formula is C12H14ClF2IN2O. The van der Waals surface area contributed by atoms with Gasteiger partial charge in [-0.15, -0.1) is 12.4 Å². The first-order valence-electron chi connectivity index (χ1n) is 5.74. The second-order valence-electron chi connectivity index (χ2n) is 4.29. The number of piperidine rings is 1. The second-order valence-corrected chi connectivity index (χ2v) is 5.37. The number of carbonyl (C=O) groups excluding carboxylic acids is 1. The number of nitrogens with one attached hydrogen (secondary N) is 2. The minimum absolute atomic E-state index is 0. The van der Waals surface area contributed by atoms with Gasteiger partial charge in [0.05, 0.1) is 9.49 Å². The van der Waals surface area contributed by atoms with Crippen molar-refractivity contribution < 1.29 is 13.6 Å². The summed E-state index contributed by atoms with van der Waals surface area (Å²) < 4.78 is 26.6. The summed E-state index contributed by atoms with van der Waals surface area (Å²) in [5, 5.41) is 5.68. The molecule has 1 aromatic rings. The van der Waals surface area contributed by atoms with Crippen molar-refractivity contribution in [1.29, 1.82) is 0 Å². The van der Waals surface area contributed by atoms with Crippen LogP contribution >= 0.6 is 35.0 Å². The van der Waals surface area contributed by atoms with E-state index < -0.39 is 11.6 Å². The molecule has 0 aromatic heterocycles. The zero-order valence-electron chi connectivity index (χ0n) is 10.0. The lowest BCUT2D eigenvalue weighted by Gasteiger charge is -2.21. The molecule has 0 radical (unpaired) electrons. The molecule has 0 bridgehead atoms. The lowest BCUT2D eigenvalue weighted by Crippen LogP contribution is -2.37. The number of benzene rings is 1. The molecule has 1 aliphatic heterocycles. The summed E-state index contributed by atoms with van der Waals surface area (Å²) in [7, 11) is 0. The molecule has 1 unspecified atom stereocenters. The molecule has 19 heavy (non-hydrogen) atoms. The Kier molecular flexibility index (Phi) is 6.41. The lowest BCUT2D eigenvalue weighted by molar-refractivity contribution is -0.120. The van der Waals surface area contributed by atoms with E-state index in [0.717, 1.165) is 31.5 Å². The molecule has 2 rings (SSSR count). The van der Waals surface area contributed by atoms with Gasteiger partial charge in [-0.2, -0.15) is 0 Å². The highest BCUT2D eigenvalue weighted by molar-refractivity contribution is 14.1. The van der Waals surface area contributed by atoms with Gasteiger partial charge in [-0.1, -0.05) is 0 Å². The van der Waals surface area contributed by atoms with Crippen LogP contribution in [-0.4, -0.2) is 19.0 Å². The van der Waals surface area contributed by atoms with Crippen LogP contribution in [0.1, 0.15) is 12.8 Å². The smallest absolute Gasteiger partial charge is 0.228 e. The van der Waals surface area contributed by atoms with Crippen LogP contribution in [0.25, 0.3) is 0 Å². The van der Waals surface area contributed by atoms with Gasteiger partial charge in [0.25, 0.3) is 0 Å². The van der Waals surface area contributed by atoms with Crippen molar-refractivity contribution in [1.82, 2.24) is 5.32 Å². The van der Waals surface area contributed by atoms with E-state index in [1.165, 1.54) is 0 Å². The van der Waals surface area contributed by atoms with Gasteiger partial charge < -0.3 is 10.6 Å². The average Bonchev–Trinajstić information content (AvgIpc) is 2.37. The van der Waals surface area contributed by atoms with E-state index in [4.69, 9.17) is 0 Å². The first-order valence-corrected chi connectivity index (χ1v) is 6.82. The van der Waals surface area contributed by atoms with Crippen LogP contribution in [0.5, 0.6) is 0 Å². The number of hydrogen-bond donors (Lipinski definition) is 2. The number of anilines is 1. The van der Waals surface area contributed by atoms with E-state index in [0.29, 0.717) is 6.54 Å². The van der Waals surface area contributed by atoms with Gasteiger partial charge in [-0.25, -0.2) is 8.78 Å². The highest BCUT2D eigenvalue weighted by Crippen LogP contribution is 2.21. The van der Waals surface area contributed by atoms with Gasteiger partial charge in [0, 0.05) is 12.2 Å². The first kappa shape index (κ1) is 16.6. The monoisotopic (exact) mass is 402 g/mol. The Balaban J connectivity index is 0.00000180. The quantitative estimate of drug-likeness (QED) is 0.590. The number of amides is 1. The van der Waals surface area contributed by atoms with Crippen molar-refractivity contribution in [3.63, 3.8) is 0 Å². The summed E-state index contributed by atoms with van der Waals surface area (Å²) in [6, 6.07) is 2.28. The van der Waals surface area contributed by atoms with Gasteiger partial charge in [-0.05, 0) is 54.1 Å². The Morgan fingerprint density at radius 2 is 2.00 bits per heavy atom. The van der Waals surface area contributed by atoms with E-state index in [9.17, 15) is 13.6 Å². The van der Waals surface area contributed by atoms with Crippen molar-refractivity contribution in [3.05, 3.63) is 27.3 Å². The minimum Gasteiger partial charge on any atom is -0.326 e. The van der Waals surface area contributed by atoms with Gasteiger partial charge >= 0.3 is 0 Å². The Bertz CT molecular complexity index is 444. The van der Waals surface area contributed by atoms with E-state index in [1.54, 1.807) is 22.6 Å². The highest BCUT2D eigenvalue weighted by Gasteiger charge is 2.21. The molecule has 2 N–H and O–H groups in total. The molecular weight excluding hydrogens is 388 g/mol. The standard InChI is InChI=1S/C12H13F2IN2O.ClH/c13-9-4-8(5-10(14)11(9)15)17-12(18)7-2-1-3-16-6-7;/h4-5,7,16H,1-3,6H2,(H,17,18);1H. The summed E-state index contributed by atoms with van der Waals surface area (Å²) in [6.45, 7) is 1.53. The predicted molar refractivity (Wildman–Crippen MR) is 80.5 cm³/mol. The summed E-state index contributed by atoms with van der Waals surface area (Å²) in [4.78, 5) is 11.9. The fourth-order valence-corrected chi connectivity index (χ4v) is 2.26. The minimum atomic E-state index is -0.660. The topological polar surface area (TPSA) is 41.1 Å². The maximum atomic E-state index is 13.3. The number of rotatable bonds is 2. The molecule has 1 heterocycles. The molecule has 1 aromatic carbocycles. The van der Waals surface area contributed by atoms with E-state index in [1.807, 2.05) is 0 Å². The fourth-order valence-electron chi connectivity index (χ4n) is 1.95. The summed E-state index contributed by atoms with van der Waals surface area (Å²) in [5.41, 5.74) is 0.168. The molecule has 1 atom stereocenters. The van der Waals surface area contributed by atoms with Crippen molar-refractivity contribution in [2.75, 3.05) is 18.4 Å². The van der Waals surface area contributed by atoms with E-state index in [2.05, 4.69) is 10.6 Å². The Morgan fingerprint density at radius 3 is 2.53 bits per heavy atom. The Morgan fingerprint density at radius 1 is 1.37 bits per heavy atom. The highest BCUT2D eigenvalue weighted by atomic mass is 127. The molecule has 0 spiro atoms. The molecule has 1 aliphatic rings. The van der Waals surface area contributed by atoms with Gasteiger partial charge in [0.1, 0.15) is 11.6 Å². The molecule has 106 valence electrons. The van der Waals surface area contributed by atoms with Crippen LogP contribution in [0.3, 0.4) is 0 Å². The largest absolute Gasteiger partial charge is 0.326 e. The molecule has 0 aliphatic carbocycles. The van der Waals surface area contributed by atoms with Crippen LogP contribution in [0, 0.1) is 21.1 Å². The van der Waals surface area contributed by atoms with Crippen LogP contribution in [-0.2, 0) is 4.79 Å². The fraction of sp³-hybridized carbons (Fsp3) is 0.417. The molecule has 1 saturated heterocycles. The Hall–Kier alpha value is -0.470. The van der Waals surface area contributed by atoms with Gasteiger partial charge in [0.2, 0.25) is 5.91 Å². The van der Waals surface area contributed by atoms with Crippen LogP contribution < -0.4 is 10.6 Å². The normalized spacial score (nSPS) is 18.6. The summed E-state index contributed by atoms with van der Waals surface area (Å²) in [6.07, 6.45) is 1.74. The maximum absolute atomic E-state index is 13.3. The maximum Gasteiger partial charge on any atom is 0.228 e. The predicted octanol–water partition coefficient (Wildman–Crippen LogP) is 2.93. The molecule has 7 heteroatoms. The number of halogens is 4. The van der Waals surface area contributed by atoms with Crippen molar-refractivity contribution in [2.45, 2.75) is 12.8 Å². The third-order valence-electron chi connectivity index (χ3n) is 2.92. The number of carbonyl (C=O) groups is 1. The zero-order chi connectivity index (χ0) is 13.1. The third kappa shape index (κ3) is 4.25. The van der Waals surface area contributed by atoms with Crippen LogP contribution in [0.15, 0.2) is 12.1 Å². The number of hydrogen-bond acceptors (Lipinski definition) is 2. The Labute approximate surface area is 130 Å². The van der Waals surface area contributed by atoms with E-state index in [-0.39, 0.29) is 33.5 Å². The molecule has 1 amide bonds.